The molecule has 0 saturated carbocycles. The lowest BCUT2D eigenvalue weighted by atomic mass is 9.47. The van der Waals surface area contributed by atoms with Crippen LogP contribution in [0.1, 0.15) is 78.8 Å². The van der Waals surface area contributed by atoms with Gasteiger partial charge in [-0.25, -0.2) is 0 Å². The second-order valence-corrected chi connectivity index (χ2v) is 10.7. The molecule has 0 bridgehead atoms. The minimum atomic E-state index is -0.357. The molecule has 1 aliphatic carbocycles. The molecule has 6 heteroatoms. The Labute approximate surface area is 170 Å². The zero-order valence-electron chi connectivity index (χ0n) is 18.7. The summed E-state index contributed by atoms with van der Waals surface area (Å²) in [6.45, 7) is 16.9. The van der Waals surface area contributed by atoms with Gasteiger partial charge in [0.25, 0.3) is 0 Å². The highest BCUT2D eigenvalue weighted by Crippen LogP contribution is 2.52. The Kier molecular flexibility index (Phi) is 4.63. The molecule has 152 valence electrons. The minimum Gasteiger partial charge on any atom is -0.403 e. The van der Waals surface area contributed by atoms with Crippen LogP contribution in [-0.4, -0.2) is 36.6 Å². The molecule has 2 aliphatic heterocycles. The van der Waals surface area contributed by atoms with Crippen molar-refractivity contribution in [2.75, 3.05) is 0 Å². The van der Waals surface area contributed by atoms with E-state index in [4.69, 9.17) is 18.6 Å². The van der Waals surface area contributed by atoms with Crippen LogP contribution >= 0.6 is 0 Å². The zero-order chi connectivity index (χ0) is 20.5. The van der Waals surface area contributed by atoms with Gasteiger partial charge in [0.2, 0.25) is 0 Å². The molecular formula is C22H34B2O4. The smallest absolute Gasteiger partial charge is 0.403 e. The van der Waals surface area contributed by atoms with E-state index in [1.54, 1.807) is 0 Å². The Hall–Kier alpha value is -0.810. The molecule has 28 heavy (non-hydrogen) atoms. The molecule has 2 atom stereocenters. The van der Waals surface area contributed by atoms with E-state index in [9.17, 15) is 0 Å². The predicted octanol–water partition coefficient (Wildman–Crippen LogP) is 4.81. The summed E-state index contributed by atoms with van der Waals surface area (Å²) in [7, 11) is -0.571. The lowest BCUT2D eigenvalue weighted by Gasteiger charge is -2.35. The summed E-state index contributed by atoms with van der Waals surface area (Å²) in [4.78, 5) is 0. The summed E-state index contributed by atoms with van der Waals surface area (Å²) in [5.41, 5.74) is 1.31. The van der Waals surface area contributed by atoms with Crippen molar-refractivity contribution in [3.8, 4) is 0 Å². The largest absolute Gasteiger partial charge is 0.465 e. The summed E-state index contributed by atoms with van der Waals surface area (Å²) in [6, 6.07) is 8.69. The predicted molar refractivity (Wildman–Crippen MR) is 113 cm³/mol. The van der Waals surface area contributed by atoms with E-state index in [-0.39, 0.29) is 48.3 Å². The molecule has 0 spiro atoms. The fraction of sp³-hybridized carbons (Fsp3) is 0.727. The summed E-state index contributed by atoms with van der Waals surface area (Å²) < 4.78 is 26.0. The van der Waals surface area contributed by atoms with E-state index >= 15 is 0 Å². The molecular weight excluding hydrogens is 350 g/mol. The van der Waals surface area contributed by atoms with Crippen LogP contribution < -0.4 is 0 Å². The lowest BCUT2D eigenvalue weighted by molar-refractivity contribution is 0.00578. The van der Waals surface area contributed by atoms with Crippen molar-refractivity contribution in [3.63, 3.8) is 0 Å². The Morgan fingerprint density at radius 2 is 1.18 bits per heavy atom. The van der Waals surface area contributed by atoms with Crippen LogP contribution in [0.2, 0.25) is 5.82 Å². The van der Waals surface area contributed by atoms with E-state index in [0.717, 1.165) is 12.8 Å². The van der Waals surface area contributed by atoms with Crippen LogP contribution in [0.3, 0.4) is 0 Å². The van der Waals surface area contributed by atoms with Gasteiger partial charge >= 0.3 is 14.2 Å². The molecule has 0 aromatic heterocycles. The van der Waals surface area contributed by atoms with Crippen molar-refractivity contribution in [2.24, 2.45) is 0 Å². The van der Waals surface area contributed by atoms with Crippen LogP contribution in [0, 0.1) is 0 Å². The standard InChI is InChI=1S/C22H34B2O4/c1-19(2)20(3,4)26-23(25-19)17-14-13-15-11-9-10-12-16(15)18(17)24-27-21(5,6)22(7,8)28-24/h9-12,17-18H,13-14H2,1-8H3/t17-,18-/m1/s1. The van der Waals surface area contributed by atoms with Crippen molar-refractivity contribution in [1.82, 2.24) is 0 Å². The normalized spacial score (nSPS) is 32.4. The van der Waals surface area contributed by atoms with Crippen molar-refractivity contribution in [1.29, 1.82) is 0 Å². The van der Waals surface area contributed by atoms with Gasteiger partial charge in [-0.15, -0.1) is 0 Å². The maximum Gasteiger partial charge on any atom is 0.465 e. The fourth-order valence-corrected chi connectivity index (χ4v) is 4.57. The Bertz CT molecular complexity index is 727. The first-order valence-electron chi connectivity index (χ1n) is 10.6. The number of hydrogen-bond acceptors (Lipinski definition) is 4. The summed E-state index contributed by atoms with van der Waals surface area (Å²) in [5, 5.41) is 0. The summed E-state index contributed by atoms with van der Waals surface area (Å²) in [6.07, 6.45) is 2.03. The average molecular weight is 384 g/mol. The SMILES string of the molecule is CC1(C)OB([C@@H]2c3ccccc3CC[C@H]2B2OC(C)(C)C(C)(C)O2)OC1(C)C. The van der Waals surface area contributed by atoms with Crippen LogP contribution in [0.25, 0.3) is 0 Å². The Balaban J connectivity index is 1.71. The summed E-state index contributed by atoms with van der Waals surface area (Å²) in [5.74, 6) is 0.270. The van der Waals surface area contributed by atoms with Gasteiger partial charge in [-0.2, -0.15) is 0 Å². The molecule has 4 rings (SSSR count). The van der Waals surface area contributed by atoms with Gasteiger partial charge in [0.1, 0.15) is 0 Å². The highest BCUT2D eigenvalue weighted by atomic mass is 16.7. The second kappa shape index (κ2) is 6.34. The highest BCUT2D eigenvalue weighted by Gasteiger charge is 2.61. The topological polar surface area (TPSA) is 36.9 Å². The van der Waals surface area contributed by atoms with Crippen LogP contribution in [-0.2, 0) is 25.0 Å². The summed E-state index contributed by atoms with van der Waals surface area (Å²) >= 11 is 0. The first-order chi connectivity index (χ1) is 12.8. The van der Waals surface area contributed by atoms with Gasteiger partial charge < -0.3 is 18.6 Å². The number of fused-ring (bicyclic) bond motifs is 1. The van der Waals surface area contributed by atoms with Gasteiger partial charge in [0, 0.05) is 5.82 Å². The number of hydrogen-bond donors (Lipinski definition) is 0. The molecule has 4 nitrogen and oxygen atoms in total. The second-order valence-electron chi connectivity index (χ2n) is 10.7. The van der Waals surface area contributed by atoms with Gasteiger partial charge in [-0.3, -0.25) is 0 Å². The third kappa shape index (κ3) is 3.08. The first-order valence-corrected chi connectivity index (χ1v) is 10.6. The minimum absolute atomic E-state index is 0.0840. The monoisotopic (exact) mass is 384 g/mol. The van der Waals surface area contributed by atoms with Gasteiger partial charge in [0.15, 0.2) is 0 Å². The maximum atomic E-state index is 6.52. The molecule has 0 radical (unpaired) electrons. The van der Waals surface area contributed by atoms with Crippen molar-refractivity contribution in [2.45, 2.75) is 102 Å². The third-order valence-corrected chi connectivity index (χ3v) is 7.81. The van der Waals surface area contributed by atoms with E-state index in [1.165, 1.54) is 11.1 Å². The zero-order valence-corrected chi connectivity index (χ0v) is 18.7. The van der Waals surface area contributed by atoms with Crippen LogP contribution in [0.15, 0.2) is 24.3 Å². The van der Waals surface area contributed by atoms with E-state index < -0.39 is 0 Å². The Morgan fingerprint density at radius 3 is 1.71 bits per heavy atom. The molecule has 1 aromatic rings. The third-order valence-electron chi connectivity index (χ3n) is 7.81. The average Bonchev–Trinajstić information content (AvgIpc) is 2.93. The van der Waals surface area contributed by atoms with Crippen molar-refractivity contribution < 1.29 is 18.6 Å². The number of benzene rings is 1. The van der Waals surface area contributed by atoms with Crippen molar-refractivity contribution >= 4 is 14.2 Å². The first kappa shape index (κ1) is 20.5. The van der Waals surface area contributed by atoms with Crippen LogP contribution in [0.4, 0.5) is 0 Å². The quantitative estimate of drug-likeness (QED) is 0.686. The highest BCUT2D eigenvalue weighted by molar-refractivity contribution is 6.55. The number of aryl methyl sites for hydroxylation is 1. The van der Waals surface area contributed by atoms with E-state index in [0.29, 0.717) is 0 Å². The van der Waals surface area contributed by atoms with E-state index in [2.05, 4.69) is 79.7 Å². The lowest BCUT2D eigenvalue weighted by Crippen LogP contribution is -2.41. The molecule has 0 N–H and O–H groups in total. The van der Waals surface area contributed by atoms with Crippen molar-refractivity contribution in [3.05, 3.63) is 35.4 Å². The maximum absolute atomic E-state index is 6.52. The van der Waals surface area contributed by atoms with E-state index in [1.807, 2.05) is 0 Å². The van der Waals surface area contributed by atoms with Crippen LogP contribution in [0.5, 0.6) is 0 Å². The number of rotatable bonds is 2. The van der Waals surface area contributed by atoms with Gasteiger partial charge in [-0.1, -0.05) is 24.3 Å². The molecule has 0 amide bonds. The molecule has 2 heterocycles. The van der Waals surface area contributed by atoms with Gasteiger partial charge in [-0.05, 0) is 85.2 Å². The van der Waals surface area contributed by atoms with Gasteiger partial charge in [0.05, 0.1) is 22.4 Å². The molecule has 0 unspecified atom stereocenters. The molecule has 2 saturated heterocycles. The molecule has 1 aromatic carbocycles. The fourth-order valence-electron chi connectivity index (χ4n) is 4.57. The molecule has 2 fully saturated rings. The Morgan fingerprint density at radius 1 is 0.714 bits per heavy atom. The molecule has 3 aliphatic rings.